The third kappa shape index (κ3) is 4.49. The second-order valence-electron chi connectivity index (χ2n) is 5.90. The van der Waals surface area contributed by atoms with Crippen molar-refractivity contribution < 1.29 is 21.8 Å². The van der Waals surface area contributed by atoms with Crippen molar-refractivity contribution in [2.45, 2.75) is 37.1 Å². The molecule has 8 nitrogen and oxygen atoms in total. The minimum atomic E-state index is -4.07. The lowest BCUT2D eigenvalue weighted by Gasteiger charge is -2.27. The van der Waals surface area contributed by atoms with E-state index in [-0.39, 0.29) is 34.4 Å². The van der Waals surface area contributed by atoms with Crippen molar-refractivity contribution in [3.8, 4) is 0 Å². The second-order valence-corrected chi connectivity index (χ2v) is 10.4. The first kappa shape index (κ1) is 20.1. The highest BCUT2D eigenvalue weighted by Gasteiger charge is 2.39. The third-order valence-electron chi connectivity index (χ3n) is 4.07. The summed E-state index contributed by atoms with van der Waals surface area (Å²) in [6.07, 6.45) is 1.51. The molecule has 0 aliphatic carbocycles. The van der Waals surface area contributed by atoms with Crippen LogP contribution in [0.2, 0.25) is 5.02 Å². The predicted molar refractivity (Wildman–Crippen MR) is 94.0 cm³/mol. The smallest absolute Gasteiger partial charge is 0.258 e. The van der Waals surface area contributed by atoms with E-state index in [2.05, 4.69) is 0 Å². The average molecular weight is 411 g/mol. The molecule has 1 unspecified atom stereocenters. The molecule has 0 bridgehead atoms. The Morgan fingerprint density at radius 2 is 2.08 bits per heavy atom. The van der Waals surface area contributed by atoms with E-state index in [0.29, 0.717) is 6.42 Å². The van der Waals surface area contributed by atoms with Gasteiger partial charge in [-0.1, -0.05) is 24.9 Å². The minimum Gasteiger partial charge on any atom is -0.258 e. The summed E-state index contributed by atoms with van der Waals surface area (Å²) in [7, 11) is -7.35. The molecule has 0 N–H and O–H groups in total. The first-order valence-corrected chi connectivity index (χ1v) is 11.4. The van der Waals surface area contributed by atoms with Gasteiger partial charge in [-0.3, -0.25) is 10.1 Å². The summed E-state index contributed by atoms with van der Waals surface area (Å²) in [5.41, 5.74) is -0.503. The molecule has 0 spiro atoms. The van der Waals surface area contributed by atoms with Gasteiger partial charge < -0.3 is 0 Å². The Balaban J connectivity index is 2.45. The molecule has 0 amide bonds. The molecule has 140 valence electrons. The van der Waals surface area contributed by atoms with Crippen LogP contribution in [0.4, 0.5) is 5.69 Å². The molecule has 1 aliphatic heterocycles. The Kier molecular flexibility index (Phi) is 6.08. The quantitative estimate of drug-likeness (QED) is 0.502. The van der Waals surface area contributed by atoms with Crippen LogP contribution in [-0.4, -0.2) is 50.2 Å². The van der Waals surface area contributed by atoms with E-state index < -0.39 is 36.5 Å². The van der Waals surface area contributed by atoms with Crippen molar-refractivity contribution in [2.24, 2.45) is 0 Å². The topological polar surface area (TPSA) is 115 Å². The number of nitrogens with zero attached hydrogens (tertiary/aromatic N) is 2. The lowest BCUT2D eigenvalue weighted by Crippen LogP contribution is -2.41. The lowest BCUT2D eigenvalue weighted by atomic mass is 10.2. The third-order valence-corrected chi connectivity index (χ3v) is 8.09. The molecule has 2 rings (SSSR count). The van der Waals surface area contributed by atoms with E-state index in [1.807, 2.05) is 6.92 Å². The van der Waals surface area contributed by atoms with E-state index in [1.165, 1.54) is 6.07 Å². The molecule has 1 aliphatic rings. The van der Waals surface area contributed by atoms with Gasteiger partial charge >= 0.3 is 0 Å². The van der Waals surface area contributed by atoms with Crippen molar-refractivity contribution >= 4 is 37.1 Å². The van der Waals surface area contributed by atoms with Crippen molar-refractivity contribution in [1.29, 1.82) is 0 Å². The van der Waals surface area contributed by atoms with Crippen LogP contribution in [0, 0.1) is 10.1 Å². The molecular weight excluding hydrogens is 392 g/mol. The van der Waals surface area contributed by atoms with Gasteiger partial charge in [-0.15, -0.1) is 0 Å². The number of unbranched alkanes of at least 4 members (excludes halogenated alkanes) is 1. The van der Waals surface area contributed by atoms with Crippen molar-refractivity contribution in [1.82, 2.24) is 4.31 Å². The lowest BCUT2D eigenvalue weighted by molar-refractivity contribution is -0.384. The molecule has 1 atom stereocenters. The highest BCUT2D eigenvalue weighted by molar-refractivity contribution is 7.92. The predicted octanol–water partition coefficient (Wildman–Crippen LogP) is 2.23. The Morgan fingerprint density at radius 1 is 1.40 bits per heavy atom. The van der Waals surface area contributed by atoms with E-state index in [9.17, 15) is 26.9 Å². The number of rotatable bonds is 7. The second kappa shape index (κ2) is 7.56. The van der Waals surface area contributed by atoms with Crippen LogP contribution < -0.4 is 0 Å². The van der Waals surface area contributed by atoms with E-state index in [0.717, 1.165) is 22.9 Å². The molecule has 0 radical (unpaired) electrons. The fourth-order valence-electron chi connectivity index (χ4n) is 2.74. The maximum absolute atomic E-state index is 13.0. The van der Waals surface area contributed by atoms with Gasteiger partial charge in [0, 0.05) is 18.7 Å². The number of nitro groups is 1. The molecule has 1 fully saturated rings. The van der Waals surface area contributed by atoms with Crippen LogP contribution in [0.25, 0.3) is 0 Å². The number of hydrogen-bond donors (Lipinski definition) is 0. The van der Waals surface area contributed by atoms with Gasteiger partial charge in [-0.2, -0.15) is 4.31 Å². The Hall–Kier alpha value is -1.23. The van der Waals surface area contributed by atoms with Gasteiger partial charge in [0.1, 0.15) is 5.02 Å². The highest BCUT2D eigenvalue weighted by Crippen LogP contribution is 2.31. The summed E-state index contributed by atoms with van der Waals surface area (Å²) in [6.45, 7) is 2.05. The molecule has 11 heteroatoms. The maximum Gasteiger partial charge on any atom is 0.289 e. The van der Waals surface area contributed by atoms with Crippen LogP contribution >= 0.6 is 11.6 Å². The first-order chi connectivity index (χ1) is 11.6. The fraction of sp³-hybridized carbons (Fsp3) is 0.571. The maximum atomic E-state index is 13.0. The van der Waals surface area contributed by atoms with Crippen molar-refractivity contribution in [2.75, 3.05) is 18.1 Å². The SMILES string of the molecule is CCCCN(C1CCS(=O)(=O)C1)S(=O)(=O)c1ccc(Cl)c([N+](=O)[O-])c1. The van der Waals surface area contributed by atoms with Crippen LogP contribution in [0.5, 0.6) is 0 Å². The van der Waals surface area contributed by atoms with Gasteiger partial charge in [0.25, 0.3) is 5.69 Å². The zero-order valence-corrected chi connectivity index (χ0v) is 16.0. The fourth-order valence-corrected chi connectivity index (χ4v) is 6.47. The number of sulfone groups is 1. The van der Waals surface area contributed by atoms with Gasteiger partial charge in [-0.25, -0.2) is 16.8 Å². The number of nitro benzene ring substituents is 1. The zero-order valence-electron chi connectivity index (χ0n) is 13.6. The van der Waals surface area contributed by atoms with Crippen molar-refractivity contribution in [3.05, 3.63) is 33.3 Å². The summed E-state index contributed by atoms with van der Waals surface area (Å²) in [5.74, 6) is -0.289. The standard InChI is InChI=1S/C14H19ClN2O6S2/c1-2-3-7-16(11-6-8-24(20,21)10-11)25(22,23)12-4-5-13(15)14(9-12)17(18)19/h4-5,9,11H,2-3,6-8,10H2,1H3. The van der Waals surface area contributed by atoms with Gasteiger partial charge in [0.05, 0.1) is 21.3 Å². The van der Waals surface area contributed by atoms with Crippen LogP contribution in [0.1, 0.15) is 26.2 Å². The number of halogens is 1. The summed E-state index contributed by atoms with van der Waals surface area (Å²) < 4.78 is 50.6. The number of sulfonamides is 1. The van der Waals surface area contributed by atoms with Gasteiger partial charge in [0.2, 0.25) is 10.0 Å². The summed E-state index contributed by atoms with van der Waals surface area (Å²) in [4.78, 5) is 10.0. The molecule has 0 saturated carbocycles. The zero-order chi connectivity index (χ0) is 18.8. The van der Waals surface area contributed by atoms with E-state index in [4.69, 9.17) is 11.6 Å². The first-order valence-electron chi connectivity index (χ1n) is 7.74. The summed E-state index contributed by atoms with van der Waals surface area (Å²) in [6, 6.07) is 2.62. The van der Waals surface area contributed by atoms with Crippen LogP contribution in [0.15, 0.2) is 23.1 Å². The molecule has 1 aromatic carbocycles. The average Bonchev–Trinajstić information content (AvgIpc) is 2.87. The molecule has 0 aromatic heterocycles. The van der Waals surface area contributed by atoms with Crippen LogP contribution in [0.3, 0.4) is 0 Å². The highest BCUT2D eigenvalue weighted by atomic mass is 35.5. The van der Waals surface area contributed by atoms with E-state index >= 15 is 0 Å². The van der Waals surface area contributed by atoms with E-state index in [1.54, 1.807) is 0 Å². The molecule has 25 heavy (non-hydrogen) atoms. The summed E-state index contributed by atoms with van der Waals surface area (Å²) in [5, 5.41) is 10.9. The molecule has 1 saturated heterocycles. The summed E-state index contributed by atoms with van der Waals surface area (Å²) >= 11 is 5.74. The normalized spacial score (nSPS) is 20.0. The Bertz CT molecular complexity index is 869. The van der Waals surface area contributed by atoms with Crippen molar-refractivity contribution in [3.63, 3.8) is 0 Å². The number of hydrogen-bond acceptors (Lipinski definition) is 6. The number of benzene rings is 1. The molecular formula is C14H19ClN2O6S2. The molecule has 1 aromatic rings. The van der Waals surface area contributed by atoms with Crippen LogP contribution in [-0.2, 0) is 19.9 Å². The van der Waals surface area contributed by atoms with Gasteiger partial charge in [0.15, 0.2) is 9.84 Å². The Morgan fingerprint density at radius 3 is 2.60 bits per heavy atom. The minimum absolute atomic E-state index is 0.0590. The monoisotopic (exact) mass is 410 g/mol. The largest absolute Gasteiger partial charge is 0.289 e. The molecule has 1 heterocycles. The van der Waals surface area contributed by atoms with Gasteiger partial charge in [-0.05, 0) is 25.0 Å². The Labute approximate surface area is 151 Å².